The summed E-state index contributed by atoms with van der Waals surface area (Å²) in [6.45, 7) is 3.94. The number of rotatable bonds is 7. The van der Waals surface area contributed by atoms with E-state index in [-0.39, 0.29) is 12.5 Å². The zero-order chi connectivity index (χ0) is 13.7. The van der Waals surface area contributed by atoms with Gasteiger partial charge in [0.1, 0.15) is 5.75 Å². The van der Waals surface area contributed by atoms with Crippen molar-refractivity contribution in [3.05, 3.63) is 28.7 Å². The molecule has 1 saturated carbocycles. The molecule has 0 aliphatic heterocycles. The highest BCUT2D eigenvalue weighted by atomic mass is 79.9. The van der Waals surface area contributed by atoms with E-state index in [1.807, 2.05) is 29.2 Å². The molecule has 0 saturated heterocycles. The highest BCUT2D eigenvalue weighted by Gasteiger charge is 2.26. The maximum absolute atomic E-state index is 12.2. The monoisotopic (exact) mass is 325 g/mol. The van der Waals surface area contributed by atoms with Crippen LogP contribution in [0.4, 0.5) is 0 Å². The lowest BCUT2D eigenvalue weighted by Crippen LogP contribution is -2.37. The molecule has 0 heterocycles. The van der Waals surface area contributed by atoms with Crippen LogP contribution in [0.3, 0.4) is 0 Å². The van der Waals surface area contributed by atoms with E-state index in [1.54, 1.807) is 0 Å². The van der Waals surface area contributed by atoms with Gasteiger partial charge in [-0.1, -0.05) is 19.1 Å². The van der Waals surface area contributed by atoms with Gasteiger partial charge in [-0.2, -0.15) is 0 Å². The average Bonchev–Trinajstić information content (AvgIpc) is 3.21. The molecule has 0 N–H and O–H groups in total. The summed E-state index contributed by atoms with van der Waals surface area (Å²) in [5.74, 6) is 1.53. The van der Waals surface area contributed by atoms with Crippen LogP contribution in [0.15, 0.2) is 28.7 Å². The van der Waals surface area contributed by atoms with Crippen LogP contribution in [0, 0.1) is 5.92 Å². The lowest BCUT2D eigenvalue weighted by Gasteiger charge is -2.22. The molecule has 4 heteroatoms. The van der Waals surface area contributed by atoms with Crippen molar-refractivity contribution in [3.8, 4) is 5.75 Å². The Labute approximate surface area is 123 Å². The van der Waals surface area contributed by atoms with Crippen LogP contribution in [0.5, 0.6) is 5.75 Å². The molecule has 0 spiro atoms. The summed E-state index contributed by atoms with van der Waals surface area (Å²) in [6, 6.07) is 7.60. The topological polar surface area (TPSA) is 29.5 Å². The zero-order valence-electron chi connectivity index (χ0n) is 11.3. The number of benzene rings is 1. The molecule has 0 radical (unpaired) electrons. The van der Waals surface area contributed by atoms with Gasteiger partial charge in [-0.15, -0.1) is 0 Å². The van der Waals surface area contributed by atoms with Gasteiger partial charge in [-0.3, -0.25) is 4.79 Å². The number of carbonyl (C=O) groups is 1. The average molecular weight is 326 g/mol. The van der Waals surface area contributed by atoms with Gasteiger partial charge in [-0.25, -0.2) is 0 Å². The summed E-state index contributed by atoms with van der Waals surface area (Å²) in [7, 11) is 0. The molecule has 0 bridgehead atoms. The van der Waals surface area contributed by atoms with Crippen molar-refractivity contribution >= 4 is 21.8 Å². The number of halogens is 1. The molecular weight excluding hydrogens is 306 g/mol. The molecule has 19 heavy (non-hydrogen) atoms. The molecule has 1 amide bonds. The van der Waals surface area contributed by atoms with Gasteiger partial charge >= 0.3 is 0 Å². The molecular formula is C15H20BrNO2. The fourth-order valence-electron chi connectivity index (χ4n) is 1.99. The van der Waals surface area contributed by atoms with Crippen LogP contribution in [0.1, 0.15) is 26.2 Å². The molecule has 1 aliphatic rings. The summed E-state index contributed by atoms with van der Waals surface area (Å²) < 4.78 is 6.47. The molecule has 104 valence electrons. The SMILES string of the molecule is CCCN(CC1CC1)C(=O)COc1ccccc1Br. The first kappa shape index (κ1) is 14.4. The van der Waals surface area contributed by atoms with Gasteiger partial charge < -0.3 is 9.64 Å². The number of ether oxygens (including phenoxy) is 1. The van der Waals surface area contributed by atoms with Gasteiger partial charge in [-0.05, 0) is 53.2 Å². The smallest absolute Gasteiger partial charge is 0.260 e. The lowest BCUT2D eigenvalue weighted by molar-refractivity contribution is -0.133. The van der Waals surface area contributed by atoms with Crippen LogP contribution >= 0.6 is 15.9 Å². The molecule has 0 aromatic heterocycles. The minimum absolute atomic E-state index is 0.0875. The van der Waals surface area contributed by atoms with Crippen molar-refractivity contribution in [2.75, 3.05) is 19.7 Å². The van der Waals surface area contributed by atoms with Crippen LogP contribution < -0.4 is 4.74 Å². The Hall–Kier alpha value is -1.03. The van der Waals surface area contributed by atoms with Crippen LogP contribution in [0.25, 0.3) is 0 Å². The number of nitrogens with zero attached hydrogens (tertiary/aromatic N) is 1. The Bertz CT molecular complexity index is 432. The van der Waals surface area contributed by atoms with E-state index < -0.39 is 0 Å². The van der Waals surface area contributed by atoms with Crippen molar-refractivity contribution in [3.63, 3.8) is 0 Å². The van der Waals surface area contributed by atoms with Crippen LogP contribution in [0.2, 0.25) is 0 Å². The Morgan fingerprint density at radius 1 is 1.42 bits per heavy atom. The van der Waals surface area contributed by atoms with E-state index in [4.69, 9.17) is 4.74 Å². The summed E-state index contributed by atoms with van der Waals surface area (Å²) in [4.78, 5) is 14.1. The van der Waals surface area contributed by atoms with Gasteiger partial charge in [0.15, 0.2) is 6.61 Å². The molecule has 1 aromatic rings. The molecule has 0 atom stereocenters. The quantitative estimate of drug-likeness (QED) is 0.768. The van der Waals surface area contributed by atoms with Gasteiger partial charge in [0.2, 0.25) is 0 Å². The molecule has 0 unspecified atom stereocenters. The second-order valence-corrected chi connectivity index (χ2v) is 5.86. The Kier molecular flexibility index (Phi) is 5.25. The number of carbonyl (C=O) groups excluding carboxylic acids is 1. The molecule has 1 aliphatic carbocycles. The Morgan fingerprint density at radius 3 is 2.79 bits per heavy atom. The third kappa shape index (κ3) is 4.53. The maximum atomic E-state index is 12.2. The Morgan fingerprint density at radius 2 is 2.16 bits per heavy atom. The van der Waals surface area contributed by atoms with Gasteiger partial charge in [0.05, 0.1) is 4.47 Å². The first-order valence-electron chi connectivity index (χ1n) is 6.85. The normalized spacial score (nSPS) is 14.2. The fourth-order valence-corrected chi connectivity index (χ4v) is 2.39. The second kappa shape index (κ2) is 6.94. The summed E-state index contributed by atoms with van der Waals surface area (Å²) >= 11 is 3.41. The van der Waals surface area contributed by atoms with Crippen molar-refractivity contribution in [2.45, 2.75) is 26.2 Å². The third-order valence-electron chi connectivity index (χ3n) is 3.21. The Balaban J connectivity index is 1.85. The standard InChI is InChI=1S/C15H20BrNO2/c1-2-9-17(10-12-7-8-12)15(18)11-19-14-6-4-3-5-13(14)16/h3-6,12H,2,7-11H2,1H3. The number of hydrogen-bond donors (Lipinski definition) is 0. The number of hydrogen-bond acceptors (Lipinski definition) is 2. The molecule has 1 fully saturated rings. The number of para-hydroxylation sites is 1. The number of amides is 1. The van der Waals surface area contributed by atoms with E-state index in [0.29, 0.717) is 0 Å². The van der Waals surface area contributed by atoms with E-state index >= 15 is 0 Å². The third-order valence-corrected chi connectivity index (χ3v) is 3.86. The molecule has 3 nitrogen and oxygen atoms in total. The predicted octanol–water partition coefficient (Wildman–Crippen LogP) is 3.48. The van der Waals surface area contributed by atoms with Gasteiger partial charge in [0, 0.05) is 13.1 Å². The summed E-state index contributed by atoms with van der Waals surface area (Å²) in [5.41, 5.74) is 0. The second-order valence-electron chi connectivity index (χ2n) is 5.00. The van der Waals surface area contributed by atoms with E-state index in [9.17, 15) is 4.79 Å². The van der Waals surface area contributed by atoms with E-state index in [2.05, 4.69) is 22.9 Å². The first-order chi connectivity index (χ1) is 9.20. The fraction of sp³-hybridized carbons (Fsp3) is 0.533. The minimum atomic E-state index is 0.0875. The highest BCUT2D eigenvalue weighted by molar-refractivity contribution is 9.10. The van der Waals surface area contributed by atoms with E-state index in [0.717, 1.165) is 35.7 Å². The van der Waals surface area contributed by atoms with E-state index in [1.165, 1.54) is 12.8 Å². The van der Waals surface area contributed by atoms with Crippen LogP contribution in [-0.4, -0.2) is 30.5 Å². The predicted molar refractivity (Wildman–Crippen MR) is 79.2 cm³/mol. The molecule has 2 rings (SSSR count). The van der Waals surface area contributed by atoms with Crippen molar-refractivity contribution < 1.29 is 9.53 Å². The molecule has 1 aromatic carbocycles. The van der Waals surface area contributed by atoms with Gasteiger partial charge in [0.25, 0.3) is 5.91 Å². The zero-order valence-corrected chi connectivity index (χ0v) is 12.9. The summed E-state index contributed by atoms with van der Waals surface area (Å²) in [6.07, 6.45) is 3.52. The van der Waals surface area contributed by atoms with Crippen molar-refractivity contribution in [1.82, 2.24) is 4.90 Å². The summed E-state index contributed by atoms with van der Waals surface area (Å²) in [5, 5.41) is 0. The maximum Gasteiger partial charge on any atom is 0.260 e. The largest absolute Gasteiger partial charge is 0.483 e. The van der Waals surface area contributed by atoms with Crippen molar-refractivity contribution in [1.29, 1.82) is 0 Å². The first-order valence-corrected chi connectivity index (χ1v) is 7.65. The highest BCUT2D eigenvalue weighted by Crippen LogP contribution is 2.30. The lowest BCUT2D eigenvalue weighted by atomic mass is 10.3. The van der Waals surface area contributed by atoms with Crippen molar-refractivity contribution in [2.24, 2.45) is 5.92 Å². The van der Waals surface area contributed by atoms with Crippen LogP contribution in [-0.2, 0) is 4.79 Å². The minimum Gasteiger partial charge on any atom is -0.483 e.